The van der Waals surface area contributed by atoms with E-state index in [0.717, 1.165) is 30.8 Å². The van der Waals surface area contributed by atoms with Crippen LogP contribution in [0.2, 0.25) is 0 Å². The number of nitrogens with zero attached hydrogens (tertiary/aromatic N) is 3. The van der Waals surface area contributed by atoms with Gasteiger partial charge in [-0.15, -0.1) is 5.10 Å². The molecule has 0 saturated carbocycles. The van der Waals surface area contributed by atoms with E-state index < -0.39 is 0 Å². The lowest BCUT2D eigenvalue weighted by Crippen LogP contribution is -1.99. The Hall–Kier alpha value is -1.84. The molecule has 4 nitrogen and oxygen atoms in total. The third-order valence-electron chi connectivity index (χ3n) is 3.49. The van der Waals surface area contributed by atoms with E-state index in [1.54, 1.807) is 0 Å². The van der Waals surface area contributed by atoms with Crippen molar-refractivity contribution in [2.75, 3.05) is 6.61 Å². The van der Waals surface area contributed by atoms with Gasteiger partial charge in [0.15, 0.2) is 0 Å². The van der Waals surface area contributed by atoms with E-state index in [0.29, 0.717) is 6.61 Å². The van der Waals surface area contributed by atoms with Gasteiger partial charge in [-0.3, -0.25) is 4.68 Å². The predicted octanol–water partition coefficient (Wildman–Crippen LogP) is 3.10. The van der Waals surface area contributed by atoms with Gasteiger partial charge in [0.2, 0.25) is 0 Å². The first kappa shape index (κ1) is 14.6. The molecule has 0 unspecified atom stereocenters. The zero-order valence-electron chi connectivity index (χ0n) is 12.8. The molecule has 4 heteroatoms. The minimum atomic E-state index is 0.708. The Labute approximate surface area is 120 Å². The largest absolute Gasteiger partial charge is 0.494 e. The molecule has 0 saturated heterocycles. The summed E-state index contributed by atoms with van der Waals surface area (Å²) in [6, 6.07) is 4.36. The van der Waals surface area contributed by atoms with Gasteiger partial charge in [-0.25, -0.2) is 0 Å². The van der Waals surface area contributed by atoms with Crippen LogP contribution in [0.3, 0.4) is 0 Å². The Bertz CT molecular complexity index is 575. The molecule has 0 atom stereocenters. The van der Waals surface area contributed by atoms with E-state index in [2.05, 4.69) is 43.2 Å². The molecule has 0 spiro atoms. The molecule has 2 aromatic rings. The van der Waals surface area contributed by atoms with Gasteiger partial charge in [0.1, 0.15) is 5.75 Å². The molecule has 0 radical (unpaired) electrons. The van der Waals surface area contributed by atoms with Crippen LogP contribution in [0.4, 0.5) is 0 Å². The number of aromatic nitrogens is 3. The number of hydrogen-bond acceptors (Lipinski definition) is 3. The molecule has 0 fully saturated rings. The molecule has 20 heavy (non-hydrogen) atoms. The number of benzene rings is 1. The van der Waals surface area contributed by atoms with E-state index in [4.69, 9.17) is 4.74 Å². The van der Waals surface area contributed by atoms with E-state index in [9.17, 15) is 0 Å². The Morgan fingerprint density at radius 3 is 2.55 bits per heavy atom. The van der Waals surface area contributed by atoms with Crippen LogP contribution in [-0.4, -0.2) is 21.6 Å². The first-order valence-corrected chi connectivity index (χ1v) is 7.26. The highest BCUT2D eigenvalue weighted by Crippen LogP contribution is 2.23. The lowest BCUT2D eigenvalue weighted by atomic mass is 10.00. The molecule has 108 valence electrons. The fourth-order valence-corrected chi connectivity index (χ4v) is 2.30. The highest BCUT2D eigenvalue weighted by molar-refractivity contribution is 5.41. The molecular formula is C16H23N3O. The number of ether oxygens (including phenoxy) is 1. The van der Waals surface area contributed by atoms with Crippen LogP contribution >= 0.6 is 0 Å². The molecule has 0 aliphatic heterocycles. The van der Waals surface area contributed by atoms with Gasteiger partial charge in [0.05, 0.1) is 12.3 Å². The van der Waals surface area contributed by atoms with Crippen molar-refractivity contribution in [3.8, 4) is 5.75 Å². The topological polar surface area (TPSA) is 39.9 Å². The average molecular weight is 273 g/mol. The first-order valence-electron chi connectivity index (χ1n) is 7.26. The second kappa shape index (κ2) is 6.55. The van der Waals surface area contributed by atoms with Crippen molar-refractivity contribution in [1.29, 1.82) is 0 Å². The van der Waals surface area contributed by atoms with Crippen LogP contribution in [0.1, 0.15) is 36.2 Å². The maximum absolute atomic E-state index is 5.63. The predicted molar refractivity (Wildman–Crippen MR) is 80.2 cm³/mol. The Kier molecular flexibility index (Phi) is 4.77. The van der Waals surface area contributed by atoms with E-state index in [-0.39, 0.29) is 0 Å². The summed E-state index contributed by atoms with van der Waals surface area (Å²) in [6.45, 7) is 9.90. The fourth-order valence-electron chi connectivity index (χ4n) is 2.30. The second-order valence-electron chi connectivity index (χ2n) is 5.04. The quantitative estimate of drug-likeness (QED) is 0.812. The van der Waals surface area contributed by atoms with Crippen LogP contribution in [0.15, 0.2) is 18.3 Å². The van der Waals surface area contributed by atoms with Crippen LogP contribution in [0.25, 0.3) is 0 Å². The van der Waals surface area contributed by atoms with Crippen LogP contribution in [0.5, 0.6) is 5.75 Å². The molecule has 2 rings (SSSR count). The standard InChI is InChI=1S/C16H23N3O/c1-5-19-11-15(17-18-19)8-7-14-9-13(4)16(20-6-2)10-12(14)3/h9-11H,5-8H2,1-4H3. The molecular weight excluding hydrogens is 250 g/mol. The SMILES string of the molecule is CCOc1cc(C)c(CCc2cn(CC)nn2)cc1C. The number of hydrogen-bond donors (Lipinski definition) is 0. The van der Waals surface area contributed by atoms with Crippen molar-refractivity contribution in [2.24, 2.45) is 0 Å². The maximum Gasteiger partial charge on any atom is 0.122 e. The Morgan fingerprint density at radius 1 is 1.10 bits per heavy atom. The molecule has 0 amide bonds. The highest BCUT2D eigenvalue weighted by Gasteiger charge is 2.07. The monoisotopic (exact) mass is 273 g/mol. The summed E-state index contributed by atoms with van der Waals surface area (Å²) in [7, 11) is 0. The van der Waals surface area contributed by atoms with Crippen LogP contribution < -0.4 is 4.74 Å². The molecule has 0 N–H and O–H groups in total. The smallest absolute Gasteiger partial charge is 0.122 e. The molecule has 1 aromatic heterocycles. The van der Waals surface area contributed by atoms with Gasteiger partial charge in [0, 0.05) is 12.7 Å². The molecule has 1 aromatic carbocycles. The van der Waals surface area contributed by atoms with Gasteiger partial charge in [0.25, 0.3) is 0 Å². The summed E-state index contributed by atoms with van der Waals surface area (Å²) < 4.78 is 7.49. The summed E-state index contributed by atoms with van der Waals surface area (Å²) >= 11 is 0. The molecule has 0 aliphatic rings. The minimum absolute atomic E-state index is 0.708. The van der Waals surface area contributed by atoms with Crippen LogP contribution in [0, 0.1) is 13.8 Å². The van der Waals surface area contributed by atoms with E-state index in [1.165, 1.54) is 16.7 Å². The van der Waals surface area contributed by atoms with Gasteiger partial charge in [-0.05, 0) is 63.3 Å². The number of rotatable bonds is 6. The third kappa shape index (κ3) is 3.38. The highest BCUT2D eigenvalue weighted by atomic mass is 16.5. The van der Waals surface area contributed by atoms with Gasteiger partial charge < -0.3 is 4.74 Å². The average Bonchev–Trinajstić information content (AvgIpc) is 2.89. The zero-order chi connectivity index (χ0) is 14.5. The van der Waals surface area contributed by atoms with Gasteiger partial charge in [-0.2, -0.15) is 0 Å². The van der Waals surface area contributed by atoms with E-state index in [1.807, 2.05) is 17.8 Å². The summed E-state index contributed by atoms with van der Waals surface area (Å²) in [5, 5.41) is 8.26. The van der Waals surface area contributed by atoms with Crippen molar-refractivity contribution < 1.29 is 4.74 Å². The summed E-state index contributed by atoms with van der Waals surface area (Å²) in [4.78, 5) is 0. The summed E-state index contributed by atoms with van der Waals surface area (Å²) in [5.41, 5.74) is 4.89. The van der Waals surface area contributed by atoms with E-state index >= 15 is 0 Å². The normalized spacial score (nSPS) is 10.8. The number of aryl methyl sites for hydroxylation is 5. The fraction of sp³-hybridized carbons (Fsp3) is 0.500. The summed E-state index contributed by atoms with van der Waals surface area (Å²) in [5.74, 6) is 0.991. The second-order valence-corrected chi connectivity index (χ2v) is 5.04. The van der Waals surface area contributed by atoms with Crippen molar-refractivity contribution in [3.05, 3.63) is 40.7 Å². The molecule has 0 bridgehead atoms. The molecule has 0 aliphatic carbocycles. The van der Waals surface area contributed by atoms with Gasteiger partial charge >= 0.3 is 0 Å². The minimum Gasteiger partial charge on any atom is -0.494 e. The van der Waals surface area contributed by atoms with Crippen molar-refractivity contribution >= 4 is 0 Å². The Balaban J connectivity index is 2.07. The van der Waals surface area contributed by atoms with Gasteiger partial charge in [-0.1, -0.05) is 11.3 Å². The van der Waals surface area contributed by atoms with Crippen molar-refractivity contribution in [2.45, 2.75) is 47.1 Å². The van der Waals surface area contributed by atoms with Crippen LogP contribution in [-0.2, 0) is 19.4 Å². The lowest BCUT2D eigenvalue weighted by Gasteiger charge is -2.12. The zero-order valence-corrected chi connectivity index (χ0v) is 12.8. The first-order chi connectivity index (χ1) is 9.63. The molecule has 1 heterocycles. The third-order valence-corrected chi connectivity index (χ3v) is 3.49. The summed E-state index contributed by atoms with van der Waals surface area (Å²) in [6.07, 6.45) is 3.94. The Morgan fingerprint density at radius 2 is 1.90 bits per heavy atom. The lowest BCUT2D eigenvalue weighted by molar-refractivity contribution is 0.337. The van der Waals surface area contributed by atoms with Crippen molar-refractivity contribution in [3.63, 3.8) is 0 Å². The van der Waals surface area contributed by atoms with Crippen molar-refractivity contribution in [1.82, 2.24) is 15.0 Å². The maximum atomic E-state index is 5.63.